The molecular weight excluding hydrogens is 294 g/mol. The molecule has 0 unspecified atom stereocenters. The molecule has 5 heteroatoms. The molecule has 1 N–H and O–H groups in total. The van der Waals surface area contributed by atoms with Gasteiger partial charge >= 0.3 is 0 Å². The van der Waals surface area contributed by atoms with E-state index in [2.05, 4.69) is 21.4 Å². The Bertz CT molecular complexity index is 751. The number of nitrogens with zero attached hydrogens (tertiary/aromatic N) is 2. The average molecular weight is 311 g/mol. The molecule has 22 heavy (non-hydrogen) atoms. The Hall–Kier alpha value is -2.01. The highest BCUT2D eigenvalue weighted by Gasteiger charge is 2.26. The molecule has 2 heterocycles. The van der Waals surface area contributed by atoms with E-state index in [4.69, 9.17) is 0 Å². The first-order valence-corrected chi connectivity index (χ1v) is 8.55. The maximum atomic E-state index is 12.3. The molecule has 4 rings (SSSR count). The third-order valence-electron chi connectivity index (χ3n) is 4.28. The van der Waals surface area contributed by atoms with Crippen LogP contribution in [0.15, 0.2) is 41.0 Å². The first-order chi connectivity index (χ1) is 10.8. The van der Waals surface area contributed by atoms with Crippen LogP contribution in [-0.4, -0.2) is 23.1 Å². The maximum absolute atomic E-state index is 12.3. The van der Waals surface area contributed by atoms with Crippen LogP contribution >= 0.6 is 11.3 Å². The number of carbonyl (C=O) groups is 1. The van der Waals surface area contributed by atoms with Crippen LogP contribution in [0.5, 0.6) is 0 Å². The Kier molecular flexibility index (Phi) is 3.50. The van der Waals surface area contributed by atoms with Gasteiger partial charge in [0.05, 0.1) is 22.5 Å². The molecule has 112 valence electrons. The monoisotopic (exact) mass is 311 g/mol. The topological polar surface area (TPSA) is 54.4 Å². The minimum atomic E-state index is 0.138. The fourth-order valence-electron chi connectivity index (χ4n) is 3.10. The van der Waals surface area contributed by atoms with E-state index in [1.165, 1.54) is 0 Å². The van der Waals surface area contributed by atoms with Crippen LogP contribution in [0.2, 0.25) is 0 Å². The first-order valence-electron chi connectivity index (χ1n) is 7.73. The Morgan fingerprint density at radius 1 is 1.23 bits per heavy atom. The van der Waals surface area contributed by atoms with Crippen LogP contribution in [0.1, 0.15) is 30.7 Å². The second kappa shape index (κ2) is 5.65. The van der Waals surface area contributed by atoms with E-state index in [9.17, 15) is 4.79 Å². The molecule has 1 aliphatic carbocycles. The summed E-state index contributed by atoms with van der Waals surface area (Å²) in [6, 6.07) is 8.07. The lowest BCUT2D eigenvalue weighted by atomic mass is 10.1. The third kappa shape index (κ3) is 2.46. The summed E-state index contributed by atoms with van der Waals surface area (Å²) >= 11 is 1.62. The normalized spacial score (nSPS) is 18.5. The number of benzene rings is 1. The molecule has 2 aliphatic rings. The molecule has 2 aromatic rings. The van der Waals surface area contributed by atoms with Crippen LogP contribution in [0.3, 0.4) is 0 Å². The SMILES string of the molecule is O=C(NC1=CCN=C1c1nc2ccccc2s1)C1CCCC1. The van der Waals surface area contributed by atoms with Crippen molar-refractivity contribution < 1.29 is 4.79 Å². The van der Waals surface area contributed by atoms with E-state index in [1.54, 1.807) is 11.3 Å². The van der Waals surface area contributed by atoms with Crippen LogP contribution in [0.25, 0.3) is 10.2 Å². The standard InChI is InChI=1S/C17H17N3OS/c21-16(11-5-1-2-6-11)19-13-9-10-18-15(13)17-20-12-7-3-4-8-14(12)22-17/h3-4,7-9,11H,1-2,5-6,10H2,(H,19,21). The zero-order chi connectivity index (χ0) is 14.9. The van der Waals surface area contributed by atoms with Gasteiger partial charge in [-0.25, -0.2) is 4.98 Å². The molecule has 0 bridgehead atoms. The molecule has 1 fully saturated rings. The Labute approximate surface area is 133 Å². The number of amides is 1. The van der Waals surface area contributed by atoms with Gasteiger partial charge in [-0.05, 0) is 31.1 Å². The molecular formula is C17H17N3OS. The van der Waals surface area contributed by atoms with E-state index in [0.717, 1.165) is 52.3 Å². The smallest absolute Gasteiger partial charge is 0.227 e. The number of nitrogens with one attached hydrogen (secondary N) is 1. The molecule has 1 amide bonds. The summed E-state index contributed by atoms with van der Waals surface area (Å²) in [5.41, 5.74) is 2.64. The van der Waals surface area contributed by atoms with Crippen LogP contribution in [-0.2, 0) is 4.79 Å². The van der Waals surface area contributed by atoms with Gasteiger partial charge in [-0.2, -0.15) is 0 Å². The first kappa shape index (κ1) is 13.6. The summed E-state index contributed by atoms with van der Waals surface area (Å²) in [5.74, 6) is 0.303. The summed E-state index contributed by atoms with van der Waals surface area (Å²) in [6.07, 6.45) is 6.32. The highest BCUT2D eigenvalue weighted by molar-refractivity contribution is 7.20. The summed E-state index contributed by atoms with van der Waals surface area (Å²) < 4.78 is 1.15. The zero-order valence-corrected chi connectivity index (χ0v) is 13.0. The minimum Gasteiger partial charge on any atom is -0.324 e. The Morgan fingerprint density at radius 2 is 2.05 bits per heavy atom. The van der Waals surface area contributed by atoms with Gasteiger partial charge in [0.15, 0.2) is 0 Å². The van der Waals surface area contributed by atoms with Crippen molar-refractivity contribution in [2.75, 3.05) is 6.54 Å². The number of aromatic nitrogens is 1. The van der Waals surface area contributed by atoms with E-state index in [0.29, 0.717) is 6.54 Å². The van der Waals surface area contributed by atoms with Gasteiger partial charge in [0.1, 0.15) is 10.7 Å². The maximum Gasteiger partial charge on any atom is 0.227 e. The van der Waals surface area contributed by atoms with Gasteiger partial charge in [0, 0.05) is 5.92 Å². The van der Waals surface area contributed by atoms with Crippen molar-refractivity contribution in [1.82, 2.24) is 10.3 Å². The zero-order valence-electron chi connectivity index (χ0n) is 12.2. The lowest BCUT2D eigenvalue weighted by Gasteiger charge is -2.11. The predicted octanol–water partition coefficient (Wildman–Crippen LogP) is 3.29. The van der Waals surface area contributed by atoms with Crippen molar-refractivity contribution >= 4 is 33.2 Å². The summed E-state index contributed by atoms with van der Waals surface area (Å²) in [5, 5.41) is 3.96. The van der Waals surface area contributed by atoms with E-state index >= 15 is 0 Å². The summed E-state index contributed by atoms with van der Waals surface area (Å²) in [7, 11) is 0. The van der Waals surface area contributed by atoms with Gasteiger partial charge in [-0.3, -0.25) is 9.79 Å². The molecule has 4 nitrogen and oxygen atoms in total. The molecule has 0 atom stereocenters. The van der Waals surface area contributed by atoms with E-state index in [-0.39, 0.29) is 11.8 Å². The minimum absolute atomic E-state index is 0.138. The molecule has 0 spiro atoms. The lowest BCUT2D eigenvalue weighted by molar-refractivity contribution is -0.123. The number of carbonyl (C=O) groups excluding carboxylic acids is 1. The summed E-state index contributed by atoms with van der Waals surface area (Å²) in [4.78, 5) is 21.5. The molecule has 1 aromatic carbocycles. The largest absolute Gasteiger partial charge is 0.324 e. The quantitative estimate of drug-likeness (QED) is 0.945. The Balaban J connectivity index is 1.56. The number of hydrogen-bond acceptors (Lipinski definition) is 4. The molecule has 1 saturated carbocycles. The van der Waals surface area contributed by atoms with Crippen LogP contribution in [0, 0.1) is 5.92 Å². The second-order valence-corrected chi connectivity index (χ2v) is 6.80. The van der Waals surface area contributed by atoms with Crippen molar-refractivity contribution in [3.05, 3.63) is 41.0 Å². The highest BCUT2D eigenvalue weighted by Crippen LogP contribution is 2.27. The third-order valence-corrected chi connectivity index (χ3v) is 5.32. The van der Waals surface area contributed by atoms with Crippen molar-refractivity contribution in [1.29, 1.82) is 0 Å². The van der Waals surface area contributed by atoms with Gasteiger partial charge in [0.2, 0.25) is 5.91 Å². The number of fused-ring (bicyclic) bond motifs is 1. The number of thiazole rings is 1. The van der Waals surface area contributed by atoms with E-state index in [1.807, 2.05) is 24.3 Å². The molecule has 0 radical (unpaired) electrons. The van der Waals surface area contributed by atoms with Crippen LogP contribution in [0.4, 0.5) is 0 Å². The second-order valence-electron chi connectivity index (χ2n) is 5.76. The Morgan fingerprint density at radius 3 is 2.86 bits per heavy atom. The number of hydrogen-bond donors (Lipinski definition) is 1. The van der Waals surface area contributed by atoms with Crippen molar-refractivity contribution in [2.24, 2.45) is 10.9 Å². The number of allylic oxidation sites excluding steroid dienone is 1. The average Bonchev–Trinajstić information content (AvgIpc) is 3.26. The van der Waals surface area contributed by atoms with Gasteiger partial charge in [-0.1, -0.05) is 25.0 Å². The van der Waals surface area contributed by atoms with Gasteiger partial charge in [-0.15, -0.1) is 11.3 Å². The molecule has 0 saturated heterocycles. The number of para-hydroxylation sites is 1. The fourth-order valence-corrected chi connectivity index (χ4v) is 4.09. The van der Waals surface area contributed by atoms with Crippen molar-refractivity contribution in [3.63, 3.8) is 0 Å². The summed E-state index contributed by atoms with van der Waals surface area (Å²) in [6.45, 7) is 0.617. The van der Waals surface area contributed by atoms with Gasteiger partial charge in [0.25, 0.3) is 0 Å². The van der Waals surface area contributed by atoms with E-state index < -0.39 is 0 Å². The molecule has 1 aliphatic heterocycles. The van der Waals surface area contributed by atoms with Crippen molar-refractivity contribution in [3.8, 4) is 0 Å². The molecule has 1 aromatic heterocycles. The fraction of sp³-hybridized carbons (Fsp3) is 0.353. The number of rotatable bonds is 3. The highest BCUT2D eigenvalue weighted by atomic mass is 32.1. The lowest BCUT2D eigenvalue weighted by Crippen LogP contribution is -2.31. The van der Waals surface area contributed by atoms with Crippen molar-refractivity contribution in [2.45, 2.75) is 25.7 Å². The number of aliphatic imine (C=N–C) groups is 1. The van der Waals surface area contributed by atoms with Crippen LogP contribution < -0.4 is 5.32 Å². The van der Waals surface area contributed by atoms with Gasteiger partial charge < -0.3 is 5.32 Å². The predicted molar refractivity (Wildman–Crippen MR) is 89.2 cm³/mol.